The molecule has 0 bridgehead atoms. The largest absolute Gasteiger partial charge is 0.337 e. The van der Waals surface area contributed by atoms with Crippen LogP contribution in [-0.2, 0) is 4.79 Å². The number of hydrogen-bond acceptors (Lipinski definition) is 2. The number of rotatable bonds is 2. The second-order valence-electron chi connectivity index (χ2n) is 5.56. The smallest absolute Gasteiger partial charge is 0.223 e. The summed E-state index contributed by atoms with van der Waals surface area (Å²) in [6, 6.07) is 0.814. The van der Waals surface area contributed by atoms with Gasteiger partial charge in [0, 0.05) is 31.6 Å². The van der Waals surface area contributed by atoms with Gasteiger partial charge in [0.05, 0.1) is 0 Å². The van der Waals surface area contributed by atoms with Gasteiger partial charge in [-0.15, -0.1) is 12.4 Å². The fourth-order valence-corrected chi connectivity index (χ4v) is 2.95. The van der Waals surface area contributed by atoms with Crippen molar-refractivity contribution in [2.45, 2.75) is 58.0 Å². The Morgan fingerprint density at radius 2 is 1.94 bits per heavy atom. The maximum absolute atomic E-state index is 12.2. The number of carbonyl (C=O) groups excluding carboxylic acids is 1. The van der Waals surface area contributed by atoms with Crippen LogP contribution < -0.4 is 5.32 Å². The van der Waals surface area contributed by atoms with Crippen molar-refractivity contribution in [3.8, 4) is 0 Å². The third-order valence-corrected chi connectivity index (χ3v) is 4.02. The van der Waals surface area contributed by atoms with Crippen LogP contribution >= 0.6 is 12.4 Å². The summed E-state index contributed by atoms with van der Waals surface area (Å²) in [7, 11) is 0. The average Bonchev–Trinajstić information content (AvgIpc) is 2.74. The molecule has 2 unspecified atom stereocenters. The molecule has 1 saturated carbocycles. The average molecular weight is 261 g/mol. The number of nitrogens with zero attached hydrogens (tertiary/aromatic N) is 1. The first-order chi connectivity index (χ1) is 7.66. The summed E-state index contributed by atoms with van der Waals surface area (Å²) < 4.78 is 0. The predicted octanol–water partition coefficient (Wildman–Crippen LogP) is 2.20. The molecule has 3 nitrogen and oxygen atoms in total. The number of halogens is 1. The molecular weight excluding hydrogens is 236 g/mol. The minimum Gasteiger partial charge on any atom is -0.337 e. The second-order valence-corrected chi connectivity index (χ2v) is 5.56. The van der Waals surface area contributed by atoms with Crippen LogP contribution in [0.15, 0.2) is 0 Å². The van der Waals surface area contributed by atoms with Gasteiger partial charge in [0.15, 0.2) is 0 Å². The third kappa shape index (κ3) is 3.85. The van der Waals surface area contributed by atoms with Crippen molar-refractivity contribution < 1.29 is 4.79 Å². The van der Waals surface area contributed by atoms with E-state index < -0.39 is 0 Å². The summed E-state index contributed by atoms with van der Waals surface area (Å²) in [5, 5.41) is 3.42. The molecule has 17 heavy (non-hydrogen) atoms. The Balaban J connectivity index is 0.00000144. The molecule has 1 aliphatic heterocycles. The van der Waals surface area contributed by atoms with E-state index in [1.54, 1.807) is 0 Å². The summed E-state index contributed by atoms with van der Waals surface area (Å²) in [5.74, 6) is 1.05. The molecule has 0 aromatic heterocycles. The summed E-state index contributed by atoms with van der Waals surface area (Å²) in [4.78, 5) is 14.3. The second kappa shape index (κ2) is 6.60. The predicted molar refractivity (Wildman–Crippen MR) is 72.5 cm³/mol. The van der Waals surface area contributed by atoms with E-state index in [2.05, 4.69) is 24.1 Å². The van der Waals surface area contributed by atoms with E-state index in [0.29, 0.717) is 23.9 Å². The van der Waals surface area contributed by atoms with Crippen molar-refractivity contribution >= 4 is 18.3 Å². The van der Waals surface area contributed by atoms with Gasteiger partial charge in [-0.3, -0.25) is 4.79 Å². The van der Waals surface area contributed by atoms with Crippen molar-refractivity contribution in [3.63, 3.8) is 0 Å². The monoisotopic (exact) mass is 260 g/mol. The van der Waals surface area contributed by atoms with E-state index in [-0.39, 0.29) is 12.4 Å². The minimum atomic E-state index is 0. The molecule has 1 heterocycles. The summed E-state index contributed by atoms with van der Waals surface area (Å²) in [5.41, 5.74) is 0. The molecule has 1 aliphatic carbocycles. The highest BCUT2D eigenvalue weighted by molar-refractivity contribution is 5.85. The van der Waals surface area contributed by atoms with E-state index in [9.17, 15) is 4.79 Å². The standard InChI is InChI=1S/C13H24N2O.ClH/c1-10-9-15(11(2)8-14-10)13(16)7-12-5-3-4-6-12;/h10-12,14H,3-9H2,1-2H3;1H. The molecule has 1 saturated heterocycles. The van der Waals surface area contributed by atoms with Gasteiger partial charge in [-0.1, -0.05) is 12.8 Å². The Labute approximate surface area is 111 Å². The first kappa shape index (κ1) is 14.8. The molecule has 100 valence electrons. The molecule has 0 aromatic carbocycles. The van der Waals surface area contributed by atoms with Crippen LogP contribution in [-0.4, -0.2) is 36.0 Å². The van der Waals surface area contributed by atoms with E-state index in [4.69, 9.17) is 0 Å². The van der Waals surface area contributed by atoms with Crippen LogP contribution in [0.25, 0.3) is 0 Å². The van der Waals surface area contributed by atoms with Crippen LogP contribution in [0, 0.1) is 5.92 Å². The van der Waals surface area contributed by atoms with Gasteiger partial charge in [0.2, 0.25) is 5.91 Å². The molecular formula is C13H25ClN2O. The van der Waals surface area contributed by atoms with Crippen LogP contribution in [0.1, 0.15) is 46.0 Å². The fourth-order valence-electron chi connectivity index (χ4n) is 2.95. The van der Waals surface area contributed by atoms with Crippen LogP contribution in [0.4, 0.5) is 0 Å². The number of piperazine rings is 1. The van der Waals surface area contributed by atoms with E-state index in [1.165, 1.54) is 25.7 Å². The third-order valence-electron chi connectivity index (χ3n) is 4.02. The minimum absolute atomic E-state index is 0. The molecule has 0 spiro atoms. The van der Waals surface area contributed by atoms with Crippen molar-refractivity contribution in [1.29, 1.82) is 0 Å². The quantitative estimate of drug-likeness (QED) is 0.826. The van der Waals surface area contributed by atoms with E-state index >= 15 is 0 Å². The Hall–Kier alpha value is -0.280. The Bertz CT molecular complexity index is 254. The van der Waals surface area contributed by atoms with Gasteiger partial charge in [-0.2, -0.15) is 0 Å². The number of hydrogen-bond donors (Lipinski definition) is 1. The SMILES string of the molecule is CC1CN(C(=O)CC2CCCC2)C(C)CN1.Cl. The number of nitrogens with one attached hydrogen (secondary N) is 1. The Kier molecular flexibility index (Phi) is 5.74. The lowest BCUT2D eigenvalue weighted by Gasteiger charge is -2.38. The summed E-state index contributed by atoms with van der Waals surface area (Å²) in [6.45, 7) is 6.12. The topological polar surface area (TPSA) is 32.3 Å². The van der Waals surface area contributed by atoms with Crippen LogP contribution in [0.2, 0.25) is 0 Å². The Morgan fingerprint density at radius 3 is 2.59 bits per heavy atom. The lowest BCUT2D eigenvalue weighted by atomic mass is 10.0. The van der Waals surface area contributed by atoms with Gasteiger partial charge in [0.1, 0.15) is 0 Å². The van der Waals surface area contributed by atoms with Crippen LogP contribution in [0.3, 0.4) is 0 Å². The van der Waals surface area contributed by atoms with Gasteiger partial charge in [-0.25, -0.2) is 0 Å². The zero-order valence-corrected chi connectivity index (χ0v) is 11.8. The molecule has 0 radical (unpaired) electrons. The number of amides is 1. The van der Waals surface area contributed by atoms with E-state index in [0.717, 1.165) is 19.5 Å². The fraction of sp³-hybridized carbons (Fsp3) is 0.923. The van der Waals surface area contributed by atoms with E-state index in [1.807, 2.05) is 0 Å². The first-order valence-electron chi connectivity index (χ1n) is 6.69. The highest BCUT2D eigenvalue weighted by atomic mass is 35.5. The lowest BCUT2D eigenvalue weighted by Crippen LogP contribution is -2.56. The normalized spacial score (nSPS) is 30.1. The maximum atomic E-state index is 12.2. The highest BCUT2D eigenvalue weighted by Gasteiger charge is 2.28. The van der Waals surface area contributed by atoms with Crippen LogP contribution in [0.5, 0.6) is 0 Å². The van der Waals surface area contributed by atoms with Crippen molar-refractivity contribution in [2.75, 3.05) is 13.1 Å². The lowest BCUT2D eigenvalue weighted by molar-refractivity contribution is -0.135. The Morgan fingerprint density at radius 1 is 1.29 bits per heavy atom. The molecule has 0 aromatic rings. The zero-order valence-electron chi connectivity index (χ0n) is 10.9. The van der Waals surface area contributed by atoms with Crippen molar-refractivity contribution in [2.24, 2.45) is 5.92 Å². The van der Waals surface area contributed by atoms with Gasteiger partial charge in [-0.05, 0) is 32.6 Å². The maximum Gasteiger partial charge on any atom is 0.223 e. The molecule has 2 atom stereocenters. The van der Waals surface area contributed by atoms with Gasteiger partial charge < -0.3 is 10.2 Å². The summed E-state index contributed by atoms with van der Waals surface area (Å²) >= 11 is 0. The molecule has 2 rings (SSSR count). The number of carbonyl (C=O) groups is 1. The highest BCUT2D eigenvalue weighted by Crippen LogP contribution is 2.28. The molecule has 4 heteroatoms. The molecule has 1 N–H and O–H groups in total. The first-order valence-corrected chi connectivity index (χ1v) is 6.69. The van der Waals surface area contributed by atoms with Crippen molar-refractivity contribution in [1.82, 2.24) is 10.2 Å². The van der Waals surface area contributed by atoms with Crippen molar-refractivity contribution in [3.05, 3.63) is 0 Å². The molecule has 2 fully saturated rings. The molecule has 2 aliphatic rings. The zero-order chi connectivity index (χ0) is 11.5. The van der Waals surface area contributed by atoms with Gasteiger partial charge >= 0.3 is 0 Å². The van der Waals surface area contributed by atoms with Gasteiger partial charge in [0.25, 0.3) is 0 Å². The molecule has 1 amide bonds. The summed E-state index contributed by atoms with van der Waals surface area (Å²) in [6.07, 6.45) is 5.97.